The van der Waals surface area contributed by atoms with Gasteiger partial charge < -0.3 is 10.6 Å². The van der Waals surface area contributed by atoms with Crippen molar-refractivity contribution in [3.8, 4) is 0 Å². The smallest absolute Gasteiger partial charge is 0.274 e. The first-order valence-corrected chi connectivity index (χ1v) is 5.44. The summed E-state index contributed by atoms with van der Waals surface area (Å²) in [5.41, 5.74) is 0.760. The molecule has 1 aliphatic rings. The first kappa shape index (κ1) is 14.2. The van der Waals surface area contributed by atoms with Gasteiger partial charge in [0.2, 0.25) is 0 Å². The summed E-state index contributed by atoms with van der Waals surface area (Å²) >= 11 is 5.87. The summed E-state index contributed by atoms with van der Waals surface area (Å²) in [5, 5.41) is 17.8. The summed E-state index contributed by atoms with van der Waals surface area (Å²) in [6.45, 7) is 2.36. The third-order valence-corrected chi connectivity index (χ3v) is 2.84. The predicted molar refractivity (Wildman–Crippen MR) is 69.0 cm³/mol. The van der Waals surface area contributed by atoms with Crippen molar-refractivity contribution in [2.45, 2.75) is 6.04 Å². The maximum Gasteiger partial charge on any atom is 0.274 e. The molecule has 0 unspecified atom stereocenters. The molecule has 0 aromatic heterocycles. The van der Waals surface area contributed by atoms with Crippen molar-refractivity contribution in [2.24, 2.45) is 0 Å². The highest BCUT2D eigenvalue weighted by molar-refractivity contribution is 6.30. The van der Waals surface area contributed by atoms with Gasteiger partial charge in [-0.2, -0.15) is 0 Å². The van der Waals surface area contributed by atoms with E-state index in [9.17, 15) is 10.1 Å². The molecule has 1 fully saturated rings. The molecule has 0 radical (unpaired) electrons. The van der Waals surface area contributed by atoms with Gasteiger partial charge in [0.15, 0.2) is 0 Å². The molecule has 2 rings (SSSR count). The number of nitrogens with zero attached hydrogens (tertiary/aromatic N) is 1. The van der Waals surface area contributed by atoms with E-state index in [0.29, 0.717) is 17.1 Å². The monoisotopic (exact) mass is 277 g/mol. The van der Waals surface area contributed by atoms with Crippen molar-refractivity contribution in [3.63, 3.8) is 0 Å². The van der Waals surface area contributed by atoms with E-state index in [2.05, 4.69) is 10.6 Å². The number of nitrogens with one attached hydrogen (secondary N) is 2. The Kier molecular flexibility index (Phi) is 5.14. The van der Waals surface area contributed by atoms with Gasteiger partial charge in [-0.05, 0) is 12.1 Å². The number of halogens is 2. The molecule has 0 amide bonds. The Bertz CT molecular complexity index is 409. The molecule has 0 bridgehead atoms. The highest BCUT2D eigenvalue weighted by Crippen LogP contribution is 2.28. The molecule has 1 aromatic rings. The minimum atomic E-state index is -0.373. The number of hydrogen-bond acceptors (Lipinski definition) is 4. The molecule has 17 heavy (non-hydrogen) atoms. The molecule has 5 nitrogen and oxygen atoms in total. The second kappa shape index (κ2) is 6.16. The van der Waals surface area contributed by atoms with Gasteiger partial charge in [-0.25, -0.2) is 0 Å². The molecule has 7 heteroatoms. The Hall–Kier alpha value is -0.880. The SMILES string of the molecule is Cl.O=[N+]([O-])c1ccc(Cl)cc1[C@@H]1CNCCN1. The lowest BCUT2D eigenvalue weighted by molar-refractivity contribution is -0.385. The quantitative estimate of drug-likeness (QED) is 0.640. The van der Waals surface area contributed by atoms with Crippen LogP contribution < -0.4 is 10.6 Å². The van der Waals surface area contributed by atoms with Crippen LogP contribution in [0.25, 0.3) is 0 Å². The Morgan fingerprint density at radius 2 is 2.18 bits per heavy atom. The molecule has 0 aliphatic carbocycles. The maximum absolute atomic E-state index is 10.9. The minimum Gasteiger partial charge on any atom is -0.314 e. The van der Waals surface area contributed by atoms with Gasteiger partial charge in [-0.1, -0.05) is 11.6 Å². The summed E-state index contributed by atoms with van der Waals surface area (Å²) in [5.74, 6) is 0. The van der Waals surface area contributed by atoms with Crippen LogP contribution in [0, 0.1) is 10.1 Å². The molecule has 1 atom stereocenters. The van der Waals surface area contributed by atoms with Gasteiger partial charge in [0.05, 0.1) is 11.0 Å². The van der Waals surface area contributed by atoms with Crippen molar-refractivity contribution in [1.29, 1.82) is 0 Å². The Balaban J connectivity index is 0.00000144. The van der Waals surface area contributed by atoms with Gasteiger partial charge >= 0.3 is 0 Å². The first-order chi connectivity index (χ1) is 7.68. The third kappa shape index (κ3) is 3.29. The number of nitro benzene ring substituents is 1. The fourth-order valence-electron chi connectivity index (χ4n) is 1.84. The largest absolute Gasteiger partial charge is 0.314 e. The zero-order valence-corrected chi connectivity index (χ0v) is 10.6. The topological polar surface area (TPSA) is 67.2 Å². The van der Waals surface area contributed by atoms with E-state index in [4.69, 9.17) is 11.6 Å². The molecule has 1 heterocycles. The number of hydrogen-bond donors (Lipinski definition) is 2. The van der Waals surface area contributed by atoms with Gasteiger partial charge in [0.1, 0.15) is 0 Å². The van der Waals surface area contributed by atoms with Gasteiger partial charge in [-0.3, -0.25) is 10.1 Å². The van der Waals surface area contributed by atoms with E-state index < -0.39 is 0 Å². The van der Waals surface area contributed by atoms with Gasteiger partial charge in [0, 0.05) is 36.3 Å². The van der Waals surface area contributed by atoms with E-state index in [1.807, 2.05) is 0 Å². The van der Waals surface area contributed by atoms with Gasteiger partial charge in [0.25, 0.3) is 5.69 Å². The zero-order valence-electron chi connectivity index (χ0n) is 8.98. The summed E-state index contributed by atoms with van der Waals surface area (Å²) < 4.78 is 0. The number of nitro groups is 1. The van der Waals surface area contributed by atoms with Crippen LogP contribution in [0.5, 0.6) is 0 Å². The Morgan fingerprint density at radius 1 is 1.41 bits per heavy atom. The Morgan fingerprint density at radius 3 is 2.76 bits per heavy atom. The van der Waals surface area contributed by atoms with Crippen molar-refractivity contribution in [3.05, 3.63) is 38.9 Å². The lowest BCUT2D eigenvalue weighted by Gasteiger charge is -2.24. The van der Waals surface area contributed by atoms with Crippen molar-refractivity contribution < 1.29 is 4.92 Å². The molecule has 94 valence electrons. The molecule has 1 aliphatic heterocycles. The van der Waals surface area contributed by atoms with Crippen LogP contribution in [0.2, 0.25) is 5.02 Å². The third-order valence-electron chi connectivity index (χ3n) is 2.60. The molecule has 2 N–H and O–H groups in total. The lowest BCUT2D eigenvalue weighted by Crippen LogP contribution is -2.42. The molecule has 1 saturated heterocycles. The molecular weight excluding hydrogens is 265 g/mol. The van der Waals surface area contributed by atoms with Crippen molar-refractivity contribution >= 4 is 29.7 Å². The minimum absolute atomic E-state index is 0. The highest BCUT2D eigenvalue weighted by atomic mass is 35.5. The van der Waals surface area contributed by atoms with Crippen LogP contribution in [-0.4, -0.2) is 24.6 Å². The summed E-state index contributed by atoms with van der Waals surface area (Å²) in [6, 6.07) is 4.60. The fourth-order valence-corrected chi connectivity index (χ4v) is 2.02. The van der Waals surface area contributed by atoms with E-state index >= 15 is 0 Å². The van der Waals surface area contributed by atoms with Crippen LogP contribution in [0.3, 0.4) is 0 Å². The van der Waals surface area contributed by atoms with E-state index in [1.165, 1.54) is 6.07 Å². The number of rotatable bonds is 2. The summed E-state index contributed by atoms with van der Waals surface area (Å²) in [4.78, 5) is 10.5. The summed E-state index contributed by atoms with van der Waals surface area (Å²) in [7, 11) is 0. The fraction of sp³-hybridized carbons (Fsp3) is 0.400. The maximum atomic E-state index is 10.9. The van der Waals surface area contributed by atoms with E-state index in [-0.39, 0.29) is 29.1 Å². The predicted octanol–water partition coefficient (Wildman–Crippen LogP) is 1.90. The average molecular weight is 278 g/mol. The van der Waals surface area contributed by atoms with E-state index in [0.717, 1.165) is 13.1 Å². The van der Waals surface area contributed by atoms with Crippen LogP contribution in [0.4, 0.5) is 5.69 Å². The van der Waals surface area contributed by atoms with Crippen LogP contribution >= 0.6 is 24.0 Å². The van der Waals surface area contributed by atoms with Gasteiger partial charge in [-0.15, -0.1) is 12.4 Å². The van der Waals surface area contributed by atoms with E-state index in [1.54, 1.807) is 12.1 Å². The molecular formula is C10H13Cl2N3O2. The standard InChI is InChI=1S/C10H12ClN3O2.ClH/c11-7-1-2-10(14(15)16)8(5-7)9-6-12-3-4-13-9;/h1-2,5,9,12-13H,3-4,6H2;1H/t9-;/m0./s1. The molecule has 1 aromatic carbocycles. The highest BCUT2D eigenvalue weighted by Gasteiger charge is 2.23. The van der Waals surface area contributed by atoms with Crippen molar-refractivity contribution in [2.75, 3.05) is 19.6 Å². The summed E-state index contributed by atoms with van der Waals surface area (Å²) in [6.07, 6.45) is 0. The second-order valence-corrected chi connectivity index (χ2v) is 4.11. The van der Waals surface area contributed by atoms with Crippen LogP contribution in [0.15, 0.2) is 18.2 Å². The van der Waals surface area contributed by atoms with Crippen LogP contribution in [0.1, 0.15) is 11.6 Å². The molecule has 0 saturated carbocycles. The zero-order chi connectivity index (χ0) is 11.5. The lowest BCUT2D eigenvalue weighted by atomic mass is 10.0. The number of benzene rings is 1. The number of piperazine rings is 1. The first-order valence-electron chi connectivity index (χ1n) is 5.06. The molecule has 0 spiro atoms. The normalized spacial score (nSPS) is 19.5. The second-order valence-electron chi connectivity index (χ2n) is 3.67. The average Bonchev–Trinajstić information content (AvgIpc) is 2.29. The van der Waals surface area contributed by atoms with Crippen molar-refractivity contribution in [1.82, 2.24) is 10.6 Å². The Labute approximate surface area is 110 Å². The van der Waals surface area contributed by atoms with Crippen LogP contribution in [-0.2, 0) is 0 Å².